The Hall–Kier alpha value is -3.62. The average Bonchev–Trinajstić information content (AvgIpc) is 2.89. The van der Waals surface area contributed by atoms with Gasteiger partial charge in [-0.05, 0) is 44.3 Å². The molecule has 0 N–H and O–H groups in total. The van der Waals surface area contributed by atoms with Crippen molar-refractivity contribution in [2.24, 2.45) is 0 Å². The largest absolute Gasteiger partial charge is 0.327 e. The second-order valence-corrected chi connectivity index (χ2v) is 9.27. The van der Waals surface area contributed by atoms with Crippen molar-refractivity contribution in [3.8, 4) is 0 Å². The van der Waals surface area contributed by atoms with Gasteiger partial charge in [0.1, 0.15) is 5.82 Å². The van der Waals surface area contributed by atoms with Crippen LogP contribution in [0.2, 0.25) is 5.02 Å². The van der Waals surface area contributed by atoms with E-state index in [4.69, 9.17) is 16.6 Å². The molecule has 1 amide bonds. The fraction of sp³-hybridized carbons (Fsp3) is 0.296. The topological polar surface area (TPSA) is 84.2 Å². The summed E-state index contributed by atoms with van der Waals surface area (Å²) in [5, 5.41) is 0.713. The van der Waals surface area contributed by atoms with E-state index in [1.807, 2.05) is 56.3 Å². The standard InChI is InChI=1S/C27H29ClN6O2/c1-4-23(33(15-14-32(2)3)26(35)20-10-12-29-13-11-20)25-31-24-22(16-21(28)17-30-24)27(36)34(25)18-19-8-6-5-7-9-19/h5-13,16-17,23H,4,14-15,18H2,1-3H3. The lowest BCUT2D eigenvalue weighted by Crippen LogP contribution is -2.42. The first-order chi connectivity index (χ1) is 17.4. The first-order valence-corrected chi connectivity index (χ1v) is 12.2. The fourth-order valence-electron chi connectivity index (χ4n) is 4.18. The molecule has 0 saturated heterocycles. The molecular weight excluding hydrogens is 476 g/mol. The number of fused-ring (bicyclic) bond motifs is 1. The van der Waals surface area contributed by atoms with Gasteiger partial charge in [-0.1, -0.05) is 48.9 Å². The van der Waals surface area contributed by atoms with Crippen LogP contribution in [0.5, 0.6) is 0 Å². The monoisotopic (exact) mass is 504 g/mol. The fourth-order valence-corrected chi connectivity index (χ4v) is 4.34. The Bertz CT molecular complexity index is 1390. The van der Waals surface area contributed by atoms with Crippen LogP contribution >= 0.6 is 11.6 Å². The molecule has 1 atom stereocenters. The maximum atomic E-state index is 13.8. The number of halogens is 1. The number of nitrogens with zero attached hydrogens (tertiary/aromatic N) is 6. The Morgan fingerprint density at radius 1 is 1.08 bits per heavy atom. The molecule has 4 aromatic rings. The van der Waals surface area contributed by atoms with Gasteiger partial charge in [-0.3, -0.25) is 19.1 Å². The second kappa shape index (κ2) is 11.4. The summed E-state index contributed by atoms with van der Waals surface area (Å²) in [6.07, 6.45) is 5.25. The third-order valence-corrected chi connectivity index (χ3v) is 6.23. The zero-order valence-electron chi connectivity index (χ0n) is 20.6. The molecule has 0 aliphatic rings. The molecule has 186 valence electrons. The Morgan fingerprint density at radius 3 is 2.47 bits per heavy atom. The van der Waals surface area contributed by atoms with Crippen molar-refractivity contribution in [2.75, 3.05) is 27.2 Å². The molecule has 1 aromatic carbocycles. The second-order valence-electron chi connectivity index (χ2n) is 8.83. The first-order valence-electron chi connectivity index (χ1n) is 11.8. The van der Waals surface area contributed by atoms with Crippen LogP contribution in [0.25, 0.3) is 11.0 Å². The van der Waals surface area contributed by atoms with E-state index in [0.29, 0.717) is 53.5 Å². The van der Waals surface area contributed by atoms with Crippen LogP contribution in [-0.4, -0.2) is 62.4 Å². The van der Waals surface area contributed by atoms with Gasteiger partial charge in [0, 0.05) is 37.2 Å². The van der Waals surface area contributed by atoms with E-state index in [9.17, 15) is 9.59 Å². The predicted molar refractivity (Wildman–Crippen MR) is 141 cm³/mol. The molecule has 0 spiro atoms. The van der Waals surface area contributed by atoms with Crippen molar-refractivity contribution in [1.82, 2.24) is 29.3 Å². The van der Waals surface area contributed by atoms with Crippen LogP contribution in [0.1, 0.15) is 41.1 Å². The van der Waals surface area contributed by atoms with Crippen LogP contribution in [0.15, 0.2) is 71.9 Å². The third-order valence-electron chi connectivity index (χ3n) is 6.03. The summed E-state index contributed by atoms with van der Waals surface area (Å²) in [6.45, 7) is 3.41. The minimum atomic E-state index is -0.455. The summed E-state index contributed by atoms with van der Waals surface area (Å²) in [5.74, 6) is 0.352. The molecular formula is C27H29ClN6O2. The van der Waals surface area contributed by atoms with Gasteiger partial charge in [0.15, 0.2) is 5.65 Å². The normalized spacial score (nSPS) is 12.1. The molecule has 36 heavy (non-hydrogen) atoms. The van der Waals surface area contributed by atoms with Crippen molar-refractivity contribution < 1.29 is 4.79 Å². The van der Waals surface area contributed by atoms with Crippen molar-refractivity contribution in [1.29, 1.82) is 0 Å². The van der Waals surface area contributed by atoms with Gasteiger partial charge in [-0.25, -0.2) is 9.97 Å². The number of amides is 1. The van der Waals surface area contributed by atoms with Crippen molar-refractivity contribution >= 4 is 28.5 Å². The highest BCUT2D eigenvalue weighted by Gasteiger charge is 2.29. The number of likely N-dealkylation sites (N-methyl/N-ethyl adjacent to an activating group) is 1. The summed E-state index contributed by atoms with van der Waals surface area (Å²) in [7, 11) is 3.92. The molecule has 0 radical (unpaired) electrons. The van der Waals surface area contributed by atoms with Gasteiger partial charge in [-0.15, -0.1) is 0 Å². The molecule has 0 saturated carbocycles. The first kappa shape index (κ1) is 25.5. The van der Waals surface area contributed by atoms with Crippen LogP contribution in [0, 0.1) is 0 Å². The summed E-state index contributed by atoms with van der Waals surface area (Å²) >= 11 is 6.16. The molecule has 0 aliphatic heterocycles. The highest BCUT2D eigenvalue weighted by molar-refractivity contribution is 6.31. The highest BCUT2D eigenvalue weighted by atomic mass is 35.5. The third kappa shape index (κ3) is 5.61. The van der Waals surface area contributed by atoms with Crippen molar-refractivity contribution in [3.05, 3.63) is 99.4 Å². The average molecular weight is 505 g/mol. The van der Waals surface area contributed by atoms with Gasteiger partial charge < -0.3 is 9.80 Å². The van der Waals surface area contributed by atoms with Crippen LogP contribution < -0.4 is 5.56 Å². The molecule has 3 heterocycles. The molecule has 0 aliphatic carbocycles. The van der Waals surface area contributed by atoms with E-state index in [0.717, 1.165) is 5.56 Å². The summed E-state index contributed by atoms with van der Waals surface area (Å²) in [4.78, 5) is 44.5. The number of rotatable bonds is 9. The molecule has 0 fully saturated rings. The molecule has 3 aromatic heterocycles. The van der Waals surface area contributed by atoms with Crippen molar-refractivity contribution in [2.45, 2.75) is 25.9 Å². The van der Waals surface area contributed by atoms with E-state index in [2.05, 4.69) is 9.97 Å². The number of aromatic nitrogens is 4. The minimum Gasteiger partial charge on any atom is -0.327 e. The Morgan fingerprint density at radius 2 is 1.81 bits per heavy atom. The molecule has 0 bridgehead atoms. The number of carbonyl (C=O) groups is 1. The van der Waals surface area contributed by atoms with Crippen LogP contribution in [-0.2, 0) is 6.54 Å². The van der Waals surface area contributed by atoms with Gasteiger partial charge in [0.05, 0.1) is 23.0 Å². The lowest BCUT2D eigenvalue weighted by Gasteiger charge is -2.33. The Labute approximate surface area is 215 Å². The number of hydrogen-bond acceptors (Lipinski definition) is 6. The lowest BCUT2D eigenvalue weighted by molar-refractivity contribution is 0.0642. The minimum absolute atomic E-state index is 0.143. The maximum absolute atomic E-state index is 13.8. The molecule has 8 nitrogen and oxygen atoms in total. The van der Waals surface area contributed by atoms with Crippen LogP contribution in [0.3, 0.4) is 0 Å². The number of carbonyl (C=O) groups excluding carboxylic acids is 1. The zero-order valence-corrected chi connectivity index (χ0v) is 21.4. The molecule has 9 heteroatoms. The van der Waals surface area contributed by atoms with Gasteiger partial charge in [0.2, 0.25) is 0 Å². The molecule has 4 rings (SSSR count). The van der Waals surface area contributed by atoms with Gasteiger partial charge >= 0.3 is 0 Å². The number of hydrogen-bond donors (Lipinski definition) is 0. The highest BCUT2D eigenvalue weighted by Crippen LogP contribution is 2.26. The van der Waals surface area contributed by atoms with E-state index in [1.54, 1.807) is 40.1 Å². The smallest absolute Gasteiger partial charge is 0.263 e. The summed E-state index contributed by atoms with van der Waals surface area (Å²) < 4.78 is 1.65. The maximum Gasteiger partial charge on any atom is 0.263 e. The number of pyridine rings is 2. The Balaban J connectivity index is 1.89. The van der Waals surface area contributed by atoms with E-state index in [1.165, 1.54) is 6.20 Å². The van der Waals surface area contributed by atoms with Gasteiger partial charge in [-0.2, -0.15) is 0 Å². The summed E-state index contributed by atoms with van der Waals surface area (Å²) in [5.41, 5.74) is 1.55. The quantitative estimate of drug-likeness (QED) is 0.342. The van der Waals surface area contributed by atoms with E-state index < -0.39 is 6.04 Å². The lowest BCUT2D eigenvalue weighted by atomic mass is 10.1. The zero-order chi connectivity index (χ0) is 25.7. The SMILES string of the molecule is CCC(c1nc2ncc(Cl)cc2c(=O)n1Cc1ccccc1)N(CCN(C)C)C(=O)c1ccncc1. The Kier molecular flexibility index (Phi) is 8.07. The van der Waals surface area contributed by atoms with E-state index in [-0.39, 0.29) is 11.5 Å². The molecule has 1 unspecified atom stereocenters. The van der Waals surface area contributed by atoms with Gasteiger partial charge in [0.25, 0.3) is 11.5 Å². The summed E-state index contributed by atoms with van der Waals surface area (Å²) in [6, 6.07) is 14.3. The number of benzene rings is 1. The van der Waals surface area contributed by atoms with E-state index >= 15 is 0 Å². The van der Waals surface area contributed by atoms with Crippen molar-refractivity contribution in [3.63, 3.8) is 0 Å². The predicted octanol–water partition coefficient (Wildman–Crippen LogP) is 4.04. The van der Waals surface area contributed by atoms with Crippen LogP contribution in [0.4, 0.5) is 0 Å².